The molecule has 0 radical (unpaired) electrons. The lowest BCUT2D eigenvalue weighted by Gasteiger charge is -2.22. The standard InChI is InChI=1S/C9H15NOS/c1-8(10(2)5-6-11)9-4-3-7-12-9/h3-4,7-8,11H,5-6H2,1-2H3. The van der Waals surface area contributed by atoms with Crippen molar-refractivity contribution >= 4 is 11.3 Å². The first-order valence-electron chi connectivity index (χ1n) is 4.10. The molecule has 1 atom stereocenters. The summed E-state index contributed by atoms with van der Waals surface area (Å²) in [4.78, 5) is 3.50. The van der Waals surface area contributed by atoms with Crippen molar-refractivity contribution in [3.8, 4) is 0 Å². The topological polar surface area (TPSA) is 23.5 Å². The van der Waals surface area contributed by atoms with E-state index in [0.717, 1.165) is 6.54 Å². The molecule has 0 bridgehead atoms. The minimum Gasteiger partial charge on any atom is -0.395 e. The van der Waals surface area contributed by atoms with Gasteiger partial charge in [-0.2, -0.15) is 0 Å². The Kier molecular flexibility index (Phi) is 3.72. The maximum absolute atomic E-state index is 8.74. The fourth-order valence-electron chi connectivity index (χ4n) is 1.10. The molecule has 1 rings (SSSR count). The maximum Gasteiger partial charge on any atom is 0.0558 e. The number of aliphatic hydroxyl groups is 1. The highest BCUT2D eigenvalue weighted by molar-refractivity contribution is 7.10. The van der Waals surface area contributed by atoms with Crippen LogP contribution in [0, 0.1) is 0 Å². The van der Waals surface area contributed by atoms with Crippen LogP contribution < -0.4 is 0 Å². The Morgan fingerprint density at radius 3 is 2.92 bits per heavy atom. The van der Waals surface area contributed by atoms with Gasteiger partial charge >= 0.3 is 0 Å². The van der Waals surface area contributed by atoms with Gasteiger partial charge in [0.15, 0.2) is 0 Å². The number of likely N-dealkylation sites (N-methyl/N-ethyl adjacent to an activating group) is 1. The van der Waals surface area contributed by atoms with Crippen molar-refractivity contribution in [1.82, 2.24) is 4.90 Å². The predicted molar refractivity (Wildman–Crippen MR) is 52.4 cm³/mol. The quantitative estimate of drug-likeness (QED) is 0.772. The zero-order chi connectivity index (χ0) is 8.97. The van der Waals surface area contributed by atoms with E-state index in [1.807, 2.05) is 7.05 Å². The van der Waals surface area contributed by atoms with Gasteiger partial charge in [0, 0.05) is 17.5 Å². The third-order valence-corrected chi connectivity index (χ3v) is 3.11. The van der Waals surface area contributed by atoms with Gasteiger partial charge in [0.05, 0.1) is 6.61 Å². The monoisotopic (exact) mass is 185 g/mol. The highest BCUT2D eigenvalue weighted by Crippen LogP contribution is 2.22. The van der Waals surface area contributed by atoms with Crippen LogP contribution in [0.3, 0.4) is 0 Å². The Morgan fingerprint density at radius 2 is 2.42 bits per heavy atom. The molecule has 0 saturated heterocycles. The second-order valence-corrected chi connectivity index (χ2v) is 3.87. The average molecular weight is 185 g/mol. The number of rotatable bonds is 4. The normalized spacial score (nSPS) is 13.7. The van der Waals surface area contributed by atoms with Gasteiger partial charge in [0.25, 0.3) is 0 Å². The fourth-order valence-corrected chi connectivity index (χ4v) is 1.95. The Bertz CT molecular complexity index is 210. The van der Waals surface area contributed by atoms with Crippen LogP contribution in [0.2, 0.25) is 0 Å². The summed E-state index contributed by atoms with van der Waals surface area (Å²) in [5.74, 6) is 0. The van der Waals surface area contributed by atoms with E-state index in [4.69, 9.17) is 5.11 Å². The van der Waals surface area contributed by atoms with Crippen molar-refractivity contribution < 1.29 is 5.11 Å². The Morgan fingerprint density at radius 1 is 1.67 bits per heavy atom. The van der Waals surface area contributed by atoms with Crippen molar-refractivity contribution in [1.29, 1.82) is 0 Å². The Balaban J connectivity index is 2.53. The molecule has 0 aromatic carbocycles. The predicted octanol–water partition coefficient (Wildman–Crippen LogP) is 1.73. The van der Waals surface area contributed by atoms with E-state index in [-0.39, 0.29) is 6.61 Å². The molecule has 0 spiro atoms. The van der Waals surface area contributed by atoms with Crippen molar-refractivity contribution in [3.05, 3.63) is 22.4 Å². The van der Waals surface area contributed by atoms with Crippen LogP contribution in [-0.2, 0) is 0 Å². The third-order valence-electron chi connectivity index (χ3n) is 2.07. The summed E-state index contributed by atoms with van der Waals surface area (Å²) in [5, 5.41) is 10.8. The second-order valence-electron chi connectivity index (χ2n) is 2.90. The van der Waals surface area contributed by atoms with Crippen molar-refractivity contribution in [2.45, 2.75) is 13.0 Å². The third kappa shape index (κ3) is 2.30. The molecule has 0 amide bonds. The molecule has 1 heterocycles. The van der Waals surface area contributed by atoms with E-state index in [2.05, 4.69) is 29.3 Å². The summed E-state index contributed by atoms with van der Waals surface area (Å²) in [6.45, 7) is 3.12. The van der Waals surface area contributed by atoms with E-state index in [1.165, 1.54) is 4.88 Å². The lowest BCUT2D eigenvalue weighted by Crippen LogP contribution is -2.24. The van der Waals surface area contributed by atoms with E-state index < -0.39 is 0 Å². The lowest BCUT2D eigenvalue weighted by atomic mass is 10.2. The summed E-state index contributed by atoms with van der Waals surface area (Å²) in [6, 6.07) is 4.60. The number of hydrogen-bond acceptors (Lipinski definition) is 3. The first kappa shape index (κ1) is 9.71. The first-order valence-corrected chi connectivity index (χ1v) is 4.98. The van der Waals surface area contributed by atoms with Gasteiger partial charge in [0.1, 0.15) is 0 Å². The van der Waals surface area contributed by atoms with Crippen LogP contribution in [0.5, 0.6) is 0 Å². The second kappa shape index (κ2) is 4.60. The van der Waals surface area contributed by atoms with Gasteiger partial charge in [0.2, 0.25) is 0 Å². The van der Waals surface area contributed by atoms with Crippen molar-refractivity contribution in [3.63, 3.8) is 0 Å². The largest absolute Gasteiger partial charge is 0.395 e. The van der Waals surface area contributed by atoms with Crippen molar-refractivity contribution in [2.24, 2.45) is 0 Å². The number of aliphatic hydroxyl groups excluding tert-OH is 1. The molecule has 0 fully saturated rings. The Hall–Kier alpha value is -0.380. The molecular weight excluding hydrogens is 170 g/mol. The first-order chi connectivity index (χ1) is 5.75. The number of hydrogen-bond donors (Lipinski definition) is 1. The summed E-state index contributed by atoms with van der Waals surface area (Å²) in [7, 11) is 2.03. The van der Waals surface area contributed by atoms with Crippen LogP contribution in [0.4, 0.5) is 0 Å². The van der Waals surface area contributed by atoms with Gasteiger partial charge < -0.3 is 5.11 Å². The zero-order valence-electron chi connectivity index (χ0n) is 7.53. The van der Waals surface area contributed by atoms with E-state index in [1.54, 1.807) is 11.3 Å². The molecular formula is C9H15NOS. The van der Waals surface area contributed by atoms with E-state index in [9.17, 15) is 0 Å². The van der Waals surface area contributed by atoms with Crippen LogP contribution in [-0.4, -0.2) is 30.2 Å². The fraction of sp³-hybridized carbons (Fsp3) is 0.556. The highest BCUT2D eigenvalue weighted by Gasteiger charge is 2.10. The Labute approximate surface area is 77.5 Å². The van der Waals surface area contributed by atoms with Gasteiger partial charge in [-0.25, -0.2) is 0 Å². The van der Waals surface area contributed by atoms with Gasteiger partial charge in [-0.3, -0.25) is 4.90 Å². The summed E-state index contributed by atoms with van der Waals surface area (Å²) < 4.78 is 0. The molecule has 0 aliphatic rings. The molecule has 3 heteroatoms. The molecule has 2 nitrogen and oxygen atoms in total. The smallest absolute Gasteiger partial charge is 0.0558 e. The summed E-state index contributed by atoms with van der Waals surface area (Å²) in [6.07, 6.45) is 0. The average Bonchev–Trinajstić information content (AvgIpc) is 2.55. The molecule has 68 valence electrons. The number of nitrogens with zero attached hydrogens (tertiary/aromatic N) is 1. The lowest BCUT2D eigenvalue weighted by molar-refractivity contribution is 0.190. The van der Waals surface area contributed by atoms with Gasteiger partial charge in [-0.1, -0.05) is 6.07 Å². The van der Waals surface area contributed by atoms with Gasteiger partial charge in [-0.05, 0) is 25.4 Å². The van der Waals surface area contributed by atoms with Gasteiger partial charge in [-0.15, -0.1) is 11.3 Å². The molecule has 1 N–H and O–H groups in total. The molecule has 1 unspecified atom stereocenters. The molecule has 0 saturated carbocycles. The van der Waals surface area contributed by atoms with E-state index in [0.29, 0.717) is 6.04 Å². The number of thiophene rings is 1. The van der Waals surface area contributed by atoms with Crippen LogP contribution in [0.25, 0.3) is 0 Å². The molecule has 12 heavy (non-hydrogen) atoms. The summed E-state index contributed by atoms with van der Waals surface area (Å²) in [5.41, 5.74) is 0. The van der Waals surface area contributed by atoms with Crippen LogP contribution in [0.1, 0.15) is 17.8 Å². The minimum atomic E-state index is 0.228. The zero-order valence-corrected chi connectivity index (χ0v) is 8.34. The van der Waals surface area contributed by atoms with E-state index >= 15 is 0 Å². The molecule has 1 aromatic rings. The molecule has 0 aliphatic heterocycles. The van der Waals surface area contributed by atoms with Crippen LogP contribution >= 0.6 is 11.3 Å². The molecule has 0 aliphatic carbocycles. The molecule has 1 aromatic heterocycles. The summed E-state index contributed by atoms with van der Waals surface area (Å²) >= 11 is 1.76. The maximum atomic E-state index is 8.74. The van der Waals surface area contributed by atoms with Crippen LogP contribution in [0.15, 0.2) is 17.5 Å². The van der Waals surface area contributed by atoms with Crippen molar-refractivity contribution in [2.75, 3.05) is 20.2 Å². The SMILES string of the molecule is CC(c1cccs1)N(C)CCO. The minimum absolute atomic E-state index is 0.228. The highest BCUT2D eigenvalue weighted by atomic mass is 32.1.